The number of benzene rings is 1. The van der Waals surface area contributed by atoms with Gasteiger partial charge in [0.25, 0.3) is 0 Å². The minimum atomic E-state index is -3.77. The number of piperazine rings is 1. The molecule has 3 rings (SSSR count). The van der Waals surface area contributed by atoms with E-state index in [1.807, 2.05) is 0 Å². The van der Waals surface area contributed by atoms with Gasteiger partial charge in [0.05, 0.1) is 11.1 Å². The number of hydrogen-bond acceptors (Lipinski definition) is 4. The highest BCUT2D eigenvalue weighted by Crippen LogP contribution is 2.29. The standard InChI is InChI=1S/C15H15ClFN3O2S.ClH/c16-12-7-14(9-19-8-12)23(21,22)20-5-4-18-10-15(20)11-2-1-3-13(17)6-11;/h1-3,6-9,15,18H,4-5,10H2;1H. The Morgan fingerprint density at radius 1 is 1.29 bits per heavy atom. The van der Waals surface area contributed by atoms with Crippen molar-refractivity contribution >= 4 is 34.0 Å². The fraction of sp³-hybridized carbons (Fsp3) is 0.267. The van der Waals surface area contributed by atoms with E-state index in [0.717, 1.165) is 0 Å². The summed E-state index contributed by atoms with van der Waals surface area (Å²) in [5.41, 5.74) is 0.607. The number of nitrogens with zero attached hydrogens (tertiary/aromatic N) is 2. The highest BCUT2D eigenvalue weighted by Gasteiger charge is 2.34. The maximum atomic E-state index is 13.5. The Labute approximate surface area is 151 Å². The van der Waals surface area contributed by atoms with Crippen LogP contribution in [-0.2, 0) is 10.0 Å². The molecule has 2 heterocycles. The Morgan fingerprint density at radius 2 is 2.08 bits per heavy atom. The van der Waals surface area contributed by atoms with Gasteiger partial charge in [0.15, 0.2) is 0 Å². The van der Waals surface area contributed by atoms with Crippen molar-refractivity contribution in [1.82, 2.24) is 14.6 Å². The Bertz CT molecular complexity index is 820. The smallest absolute Gasteiger partial charge is 0.245 e. The summed E-state index contributed by atoms with van der Waals surface area (Å²) >= 11 is 5.86. The molecule has 2 aromatic rings. The molecule has 0 spiro atoms. The number of halogens is 3. The number of rotatable bonds is 3. The van der Waals surface area contributed by atoms with Gasteiger partial charge in [-0.1, -0.05) is 23.7 Å². The van der Waals surface area contributed by atoms with Crippen LogP contribution in [0.5, 0.6) is 0 Å². The summed E-state index contributed by atoms with van der Waals surface area (Å²) in [5, 5.41) is 3.40. The van der Waals surface area contributed by atoms with Crippen LogP contribution in [0, 0.1) is 5.82 Å². The summed E-state index contributed by atoms with van der Waals surface area (Å²) in [6.07, 6.45) is 2.65. The van der Waals surface area contributed by atoms with Crippen LogP contribution in [0.4, 0.5) is 4.39 Å². The molecule has 1 atom stereocenters. The molecule has 0 bridgehead atoms. The van der Waals surface area contributed by atoms with Crippen molar-refractivity contribution in [2.24, 2.45) is 0 Å². The van der Waals surface area contributed by atoms with Crippen molar-refractivity contribution < 1.29 is 12.8 Å². The van der Waals surface area contributed by atoms with Gasteiger partial charge < -0.3 is 5.32 Å². The molecule has 0 aliphatic carbocycles. The molecule has 0 saturated carbocycles. The molecule has 1 aliphatic heterocycles. The highest BCUT2D eigenvalue weighted by molar-refractivity contribution is 7.89. The first-order chi connectivity index (χ1) is 11.0. The first-order valence-electron chi connectivity index (χ1n) is 7.07. The summed E-state index contributed by atoms with van der Waals surface area (Å²) in [4.78, 5) is 3.88. The average Bonchev–Trinajstić information content (AvgIpc) is 2.55. The van der Waals surface area contributed by atoms with Crippen molar-refractivity contribution in [2.45, 2.75) is 10.9 Å². The monoisotopic (exact) mass is 391 g/mol. The maximum absolute atomic E-state index is 13.5. The summed E-state index contributed by atoms with van der Waals surface area (Å²) in [5.74, 6) is -0.394. The molecule has 1 aromatic heterocycles. The molecular weight excluding hydrogens is 376 g/mol. The van der Waals surface area contributed by atoms with Crippen molar-refractivity contribution in [1.29, 1.82) is 0 Å². The van der Waals surface area contributed by atoms with Gasteiger partial charge in [-0.3, -0.25) is 4.98 Å². The molecular formula is C15H16Cl2FN3O2S. The summed E-state index contributed by atoms with van der Waals surface area (Å²) in [6, 6.07) is 6.87. The van der Waals surface area contributed by atoms with Gasteiger partial charge in [-0.05, 0) is 23.8 Å². The van der Waals surface area contributed by atoms with E-state index in [-0.39, 0.29) is 28.9 Å². The topological polar surface area (TPSA) is 62.3 Å². The van der Waals surface area contributed by atoms with E-state index in [0.29, 0.717) is 18.7 Å². The van der Waals surface area contributed by atoms with Gasteiger partial charge in [0.1, 0.15) is 10.7 Å². The zero-order chi connectivity index (χ0) is 16.4. The summed E-state index contributed by atoms with van der Waals surface area (Å²) < 4.78 is 40.7. The van der Waals surface area contributed by atoms with Crippen LogP contribution in [0.1, 0.15) is 11.6 Å². The largest absolute Gasteiger partial charge is 0.313 e. The fourth-order valence-corrected chi connectivity index (χ4v) is 4.48. The zero-order valence-electron chi connectivity index (χ0n) is 12.5. The molecule has 9 heteroatoms. The predicted molar refractivity (Wildman–Crippen MR) is 92.4 cm³/mol. The van der Waals surface area contributed by atoms with Crippen LogP contribution in [0.3, 0.4) is 0 Å². The van der Waals surface area contributed by atoms with Gasteiger partial charge in [0.2, 0.25) is 10.0 Å². The lowest BCUT2D eigenvalue weighted by molar-refractivity contribution is 0.271. The molecule has 0 radical (unpaired) electrons. The average molecular weight is 392 g/mol. The second-order valence-electron chi connectivity index (χ2n) is 5.23. The summed E-state index contributed by atoms with van der Waals surface area (Å²) in [6.45, 7) is 1.23. The lowest BCUT2D eigenvalue weighted by Gasteiger charge is -2.35. The van der Waals surface area contributed by atoms with E-state index < -0.39 is 21.9 Å². The zero-order valence-corrected chi connectivity index (χ0v) is 14.9. The van der Waals surface area contributed by atoms with Gasteiger partial charge in [-0.2, -0.15) is 4.31 Å². The van der Waals surface area contributed by atoms with Crippen LogP contribution in [0.15, 0.2) is 47.6 Å². The molecule has 1 unspecified atom stereocenters. The first-order valence-corrected chi connectivity index (χ1v) is 8.89. The third kappa shape index (κ3) is 3.87. The number of nitrogens with one attached hydrogen (secondary N) is 1. The molecule has 130 valence electrons. The fourth-order valence-electron chi connectivity index (χ4n) is 2.64. The first kappa shape index (κ1) is 19.1. The molecule has 24 heavy (non-hydrogen) atoms. The minimum Gasteiger partial charge on any atom is -0.313 e. The van der Waals surface area contributed by atoms with E-state index in [1.165, 1.54) is 34.9 Å². The number of pyridine rings is 1. The quantitative estimate of drug-likeness (QED) is 0.873. The molecule has 5 nitrogen and oxygen atoms in total. The van der Waals surface area contributed by atoms with Crippen LogP contribution < -0.4 is 5.32 Å². The van der Waals surface area contributed by atoms with E-state index in [9.17, 15) is 12.8 Å². The second-order valence-corrected chi connectivity index (χ2v) is 7.56. The number of aromatic nitrogens is 1. The second kappa shape index (κ2) is 7.76. The molecule has 1 saturated heterocycles. The highest BCUT2D eigenvalue weighted by atomic mass is 35.5. The van der Waals surface area contributed by atoms with Crippen LogP contribution >= 0.6 is 24.0 Å². The number of sulfonamides is 1. The Morgan fingerprint density at radius 3 is 2.79 bits per heavy atom. The van der Waals surface area contributed by atoms with Gasteiger partial charge in [-0.25, -0.2) is 12.8 Å². The van der Waals surface area contributed by atoms with Crippen molar-refractivity contribution in [2.75, 3.05) is 19.6 Å². The van der Waals surface area contributed by atoms with Gasteiger partial charge in [0, 0.05) is 32.0 Å². The molecule has 1 N–H and O–H groups in total. The molecule has 1 aliphatic rings. The third-order valence-electron chi connectivity index (χ3n) is 3.71. The molecule has 1 fully saturated rings. The maximum Gasteiger partial charge on any atom is 0.245 e. The van der Waals surface area contributed by atoms with E-state index >= 15 is 0 Å². The van der Waals surface area contributed by atoms with E-state index in [1.54, 1.807) is 12.1 Å². The Hall–Kier alpha value is -1.25. The number of hydrogen-bond donors (Lipinski definition) is 1. The van der Waals surface area contributed by atoms with Crippen LogP contribution in [0.2, 0.25) is 5.02 Å². The summed E-state index contributed by atoms with van der Waals surface area (Å²) in [7, 11) is -3.77. The van der Waals surface area contributed by atoms with Crippen molar-refractivity contribution in [3.8, 4) is 0 Å². The van der Waals surface area contributed by atoms with Crippen LogP contribution in [0.25, 0.3) is 0 Å². The molecule has 1 aromatic carbocycles. The third-order valence-corrected chi connectivity index (χ3v) is 5.79. The van der Waals surface area contributed by atoms with Gasteiger partial charge >= 0.3 is 0 Å². The lowest BCUT2D eigenvalue weighted by Crippen LogP contribution is -2.48. The lowest BCUT2D eigenvalue weighted by atomic mass is 10.1. The van der Waals surface area contributed by atoms with Crippen molar-refractivity contribution in [3.63, 3.8) is 0 Å². The minimum absolute atomic E-state index is 0. The van der Waals surface area contributed by atoms with E-state index in [2.05, 4.69) is 10.3 Å². The van der Waals surface area contributed by atoms with Crippen molar-refractivity contribution in [3.05, 3.63) is 59.1 Å². The molecule has 0 amide bonds. The van der Waals surface area contributed by atoms with Gasteiger partial charge in [-0.15, -0.1) is 12.4 Å². The Kier molecular flexibility index (Phi) is 6.17. The van der Waals surface area contributed by atoms with E-state index in [4.69, 9.17) is 11.6 Å². The predicted octanol–water partition coefficient (Wildman–Crippen LogP) is 2.63. The SMILES string of the molecule is Cl.O=S(=O)(c1cncc(Cl)c1)N1CCNCC1c1cccc(F)c1. The van der Waals surface area contributed by atoms with Crippen LogP contribution in [-0.4, -0.2) is 37.3 Å². The Balaban J connectivity index is 0.00000208. The normalized spacial score (nSPS) is 18.8.